The second-order valence-corrected chi connectivity index (χ2v) is 8.13. The maximum Gasteiger partial charge on any atom is 0.430 e. The van der Waals surface area contributed by atoms with Crippen LogP contribution in [0.5, 0.6) is 0 Å². The fourth-order valence-electron chi connectivity index (χ4n) is 2.75. The molecular formula is C19H23F6N3O2. The molecule has 1 heterocycles. The van der Waals surface area contributed by atoms with Crippen molar-refractivity contribution < 1.29 is 36.3 Å². The van der Waals surface area contributed by atoms with Gasteiger partial charge in [-0.15, -0.1) is 0 Å². The predicted octanol–water partition coefficient (Wildman–Crippen LogP) is 5.00. The molecule has 0 radical (unpaired) electrons. The number of rotatable bonds is 4. The second kappa shape index (κ2) is 7.75. The van der Waals surface area contributed by atoms with Gasteiger partial charge in [-0.25, -0.2) is 0 Å². The first-order chi connectivity index (χ1) is 13.5. The molecular weight excluding hydrogens is 416 g/mol. The van der Waals surface area contributed by atoms with Crippen LogP contribution in [0.15, 0.2) is 34.4 Å². The maximum absolute atomic E-state index is 13.1. The molecule has 1 aliphatic rings. The molecule has 0 amide bonds. The molecule has 0 unspecified atom stereocenters. The van der Waals surface area contributed by atoms with Crippen LogP contribution in [0.3, 0.4) is 0 Å². The molecule has 11 heteroatoms. The van der Waals surface area contributed by atoms with Gasteiger partial charge in [-0.3, -0.25) is 9.89 Å². The van der Waals surface area contributed by atoms with E-state index >= 15 is 0 Å². The minimum atomic E-state index is -5.95. The first-order valence-electron chi connectivity index (χ1n) is 9.05. The number of hydrogen-bond acceptors (Lipinski definition) is 4. The summed E-state index contributed by atoms with van der Waals surface area (Å²) in [5, 5.41) is 13.6. The molecule has 0 atom stereocenters. The molecule has 0 saturated heterocycles. The van der Waals surface area contributed by atoms with Gasteiger partial charge >= 0.3 is 12.4 Å². The Balaban J connectivity index is 2.49. The fourth-order valence-corrected chi connectivity index (χ4v) is 2.75. The van der Waals surface area contributed by atoms with E-state index in [0.29, 0.717) is 23.8 Å². The van der Waals surface area contributed by atoms with E-state index < -0.39 is 29.1 Å². The van der Waals surface area contributed by atoms with E-state index in [9.17, 15) is 31.4 Å². The van der Waals surface area contributed by atoms with E-state index in [1.165, 1.54) is 4.90 Å². The Morgan fingerprint density at radius 2 is 1.50 bits per heavy atom. The third-order valence-corrected chi connectivity index (χ3v) is 4.17. The van der Waals surface area contributed by atoms with Gasteiger partial charge in [0.05, 0.1) is 0 Å². The molecule has 0 fully saturated rings. The van der Waals surface area contributed by atoms with Gasteiger partial charge in [-0.2, -0.15) is 26.3 Å². The Morgan fingerprint density at radius 3 is 1.90 bits per heavy atom. The summed E-state index contributed by atoms with van der Waals surface area (Å²) in [5.74, 6) is 0.762. The Kier molecular flexibility index (Phi) is 6.19. The average Bonchev–Trinajstić information content (AvgIpc) is 3.01. The molecule has 0 bridgehead atoms. The lowest BCUT2D eigenvalue weighted by Crippen LogP contribution is -2.53. The molecule has 5 nitrogen and oxygen atoms in total. The van der Waals surface area contributed by atoms with Gasteiger partial charge in [-0.1, -0.05) is 31.1 Å². The quantitative estimate of drug-likeness (QED) is 0.531. The Hall–Kier alpha value is -2.30. The smallest absolute Gasteiger partial charge is 0.389 e. The lowest BCUT2D eigenvalue weighted by atomic mass is 9.92. The van der Waals surface area contributed by atoms with E-state index in [-0.39, 0.29) is 18.2 Å². The Morgan fingerprint density at radius 1 is 1.00 bits per heavy atom. The number of benzene rings is 1. The van der Waals surface area contributed by atoms with E-state index in [4.69, 9.17) is 4.84 Å². The number of aliphatic hydroxyl groups is 1. The summed E-state index contributed by atoms with van der Waals surface area (Å²) >= 11 is 0. The fraction of sp³-hybridized carbons (Fsp3) is 0.579. The standard InChI is InChI=1S/C19H23F6N3O2/c1-11(2)15-26-10-14(27-30-16(3,4)5)28(15)13-8-6-12(7-9-13)17(29,18(20,21)22)19(23,24)25/h6-9,11,29H,10H2,1-5H3/b27-14+. The summed E-state index contributed by atoms with van der Waals surface area (Å²) in [6.07, 6.45) is -11.9. The van der Waals surface area contributed by atoms with E-state index in [1.54, 1.807) is 20.8 Å². The molecule has 1 aromatic rings. The minimum Gasteiger partial charge on any atom is -0.389 e. The van der Waals surface area contributed by atoms with Crippen LogP contribution in [-0.2, 0) is 10.4 Å². The third-order valence-electron chi connectivity index (χ3n) is 4.17. The lowest BCUT2D eigenvalue weighted by Gasteiger charge is -2.33. The summed E-state index contributed by atoms with van der Waals surface area (Å²) < 4.78 is 78.6. The van der Waals surface area contributed by atoms with Crippen molar-refractivity contribution in [2.24, 2.45) is 16.1 Å². The molecule has 0 aromatic heterocycles. The Labute approximate surface area is 170 Å². The monoisotopic (exact) mass is 439 g/mol. The molecule has 0 spiro atoms. The zero-order valence-electron chi connectivity index (χ0n) is 17.1. The average molecular weight is 439 g/mol. The summed E-state index contributed by atoms with van der Waals surface area (Å²) in [7, 11) is 0. The highest BCUT2D eigenvalue weighted by Gasteiger charge is 2.71. The van der Waals surface area contributed by atoms with Crippen molar-refractivity contribution >= 4 is 17.4 Å². The molecule has 0 aliphatic carbocycles. The van der Waals surface area contributed by atoms with E-state index in [2.05, 4.69) is 10.1 Å². The van der Waals surface area contributed by atoms with Crippen LogP contribution in [0.25, 0.3) is 0 Å². The number of alkyl halides is 6. The first kappa shape index (κ1) is 24.0. The number of anilines is 1. The summed E-state index contributed by atoms with van der Waals surface area (Å²) in [5.41, 5.74) is -6.69. The van der Waals surface area contributed by atoms with Crippen LogP contribution in [0.2, 0.25) is 0 Å². The highest BCUT2D eigenvalue weighted by atomic mass is 19.4. The summed E-state index contributed by atoms with van der Waals surface area (Å²) in [6.45, 7) is 9.11. The van der Waals surface area contributed by atoms with Crippen molar-refractivity contribution in [3.63, 3.8) is 0 Å². The molecule has 0 saturated carbocycles. The largest absolute Gasteiger partial charge is 0.430 e. The van der Waals surface area contributed by atoms with Crippen molar-refractivity contribution in [2.45, 2.75) is 58.2 Å². The molecule has 168 valence electrons. The highest BCUT2D eigenvalue weighted by molar-refractivity contribution is 6.23. The number of hydrogen-bond donors (Lipinski definition) is 1. The minimum absolute atomic E-state index is 0.103. The maximum atomic E-state index is 13.1. The number of halogens is 6. The SMILES string of the molecule is CC(C)C1=NC/C(=N\OC(C)(C)C)N1c1ccc(C(O)(C(F)(F)F)C(F)(F)F)cc1. The molecule has 30 heavy (non-hydrogen) atoms. The summed E-state index contributed by atoms with van der Waals surface area (Å²) in [6, 6.07) is 3.28. The summed E-state index contributed by atoms with van der Waals surface area (Å²) in [4.78, 5) is 11.3. The second-order valence-electron chi connectivity index (χ2n) is 8.13. The van der Waals surface area contributed by atoms with Gasteiger partial charge in [0.15, 0.2) is 5.84 Å². The lowest BCUT2D eigenvalue weighted by molar-refractivity contribution is -0.376. The highest BCUT2D eigenvalue weighted by Crippen LogP contribution is 2.50. The molecule has 2 rings (SSSR count). The predicted molar refractivity (Wildman–Crippen MR) is 100 cm³/mol. The Bertz CT molecular complexity index is 807. The van der Waals surface area contributed by atoms with E-state index in [1.807, 2.05) is 13.8 Å². The van der Waals surface area contributed by atoms with Crippen LogP contribution in [0, 0.1) is 5.92 Å². The topological polar surface area (TPSA) is 57.4 Å². The van der Waals surface area contributed by atoms with Crippen molar-refractivity contribution in [2.75, 3.05) is 11.4 Å². The van der Waals surface area contributed by atoms with Gasteiger partial charge in [0.1, 0.15) is 18.0 Å². The van der Waals surface area contributed by atoms with Crippen LogP contribution in [0.1, 0.15) is 40.2 Å². The van der Waals surface area contributed by atoms with Crippen molar-refractivity contribution in [3.05, 3.63) is 29.8 Å². The van der Waals surface area contributed by atoms with Crippen molar-refractivity contribution in [1.82, 2.24) is 0 Å². The zero-order valence-corrected chi connectivity index (χ0v) is 17.1. The van der Waals surface area contributed by atoms with Crippen LogP contribution < -0.4 is 4.90 Å². The first-order valence-corrected chi connectivity index (χ1v) is 9.05. The van der Waals surface area contributed by atoms with E-state index in [0.717, 1.165) is 12.1 Å². The van der Waals surface area contributed by atoms with Crippen molar-refractivity contribution in [3.8, 4) is 0 Å². The number of nitrogens with zero attached hydrogens (tertiary/aromatic N) is 3. The molecule has 1 aliphatic heterocycles. The van der Waals surface area contributed by atoms with Gasteiger partial charge in [-0.05, 0) is 32.9 Å². The number of aliphatic imine (C=N–C) groups is 1. The van der Waals surface area contributed by atoms with Crippen LogP contribution in [0.4, 0.5) is 32.0 Å². The van der Waals surface area contributed by atoms with Crippen LogP contribution >= 0.6 is 0 Å². The van der Waals surface area contributed by atoms with Gasteiger partial charge in [0.25, 0.3) is 5.60 Å². The normalized spacial score (nSPS) is 17.7. The van der Waals surface area contributed by atoms with Gasteiger partial charge in [0.2, 0.25) is 0 Å². The number of oxime groups is 1. The molecule has 1 aromatic carbocycles. The number of amidine groups is 2. The third kappa shape index (κ3) is 4.55. The van der Waals surface area contributed by atoms with Gasteiger partial charge < -0.3 is 9.94 Å². The van der Waals surface area contributed by atoms with Gasteiger partial charge in [0, 0.05) is 17.2 Å². The van der Waals surface area contributed by atoms with Crippen molar-refractivity contribution in [1.29, 1.82) is 0 Å². The molecule has 1 N–H and O–H groups in total. The van der Waals surface area contributed by atoms with Crippen LogP contribution in [-0.4, -0.2) is 41.3 Å². The zero-order chi connectivity index (χ0) is 23.1.